The number of pyridine rings is 1. The number of aromatic nitrogens is 1. The fourth-order valence-corrected chi connectivity index (χ4v) is 1.18. The number of esters is 1. The summed E-state index contributed by atoms with van der Waals surface area (Å²) in [4.78, 5) is 24.1. The third-order valence-electron chi connectivity index (χ3n) is 2.14. The normalized spacial score (nSPS) is 9.10. The van der Waals surface area contributed by atoms with Crippen LogP contribution in [0.1, 0.15) is 20.8 Å². The van der Waals surface area contributed by atoms with Gasteiger partial charge in [-0.3, -0.25) is 4.79 Å². The molecule has 0 aliphatic rings. The van der Waals surface area contributed by atoms with Crippen molar-refractivity contribution in [2.45, 2.75) is 0 Å². The molecule has 0 amide bonds. The molecule has 0 atom stereocenters. The molecular weight excluding hydrogens is 265 g/mol. The van der Waals surface area contributed by atoms with Crippen LogP contribution in [-0.2, 0) is 4.74 Å². The molecule has 0 bridgehead atoms. The predicted molar refractivity (Wildman–Crippen MR) is 69.0 cm³/mol. The number of hydrogen-bond acceptors (Lipinski definition) is 5. The summed E-state index contributed by atoms with van der Waals surface area (Å²) >= 11 is 0. The number of nitrogens with zero attached hydrogens (tertiary/aromatic N) is 1. The molecule has 0 radical (unpaired) electrons. The fourth-order valence-electron chi connectivity index (χ4n) is 1.18. The summed E-state index contributed by atoms with van der Waals surface area (Å²) < 4.78 is 16.7. The number of aldehydes is 1. The molecule has 1 aromatic carbocycles. The van der Waals surface area contributed by atoms with Crippen molar-refractivity contribution in [3.63, 3.8) is 0 Å². The summed E-state index contributed by atoms with van der Waals surface area (Å²) in [5.74, 6) is -1.14. The highest BCUT2D eigenvalue weighted by molar-refractivity contribution is 5.86. The van der Waals surface area contributed by atoms with Crippen molar-refractivity contribution in [2.75, 3.05) is 7.11 Å². The number of hydrogen-bond donors (Lipinski definition) is 1. The second-order valence-corrected chi connectivity index (χ2v) is 3.55. The molecule has 2 rings (SSSR count). The van der Waals surface area contributed by atoms with E-state index in [-0.39, 0.29) is 11.4 Å². The van der Waals surface area contributed by atoms with E-state index < -0.39 is 11.9 Å². The van der Waals surface area contributed by atoms with Gasteiger partial charge in [-0.05, 0) is 36.4 Å². The summed E-state index contributed by atoms with van der Waals surface area (Å²) in [6.45, 7) is 0. The number of carbonyl (C=O) groups is 2. The highest BCUT2D eigenvalue weighted by atomic mass is 19.1. The average Bonchev–Trinajstić information content (AvgIpc) is 2.48. The summed E-state index contributed by atoms with van der Waals surface area (Å²) in [7, 11) is 1.22. The van der Waals surface area contributed by atoms with E-state index in [1.807, 2.05) is 0 Å². The minimum absolute atomic E-state index is 0.0208. The molecule has 1 N–H and O–H groups in total. The Bertz CT molecular complexity index is 584. The topological polar surface area (TPSA) is 76.5 Å². The minimum atomic E-state index is -0.687. The van der Waals surface area contributed by atoms with Gasteiger partial charge in [0.25, 0.3) is 0 Å². The maximum absolute atomic E-state index is 12.3. The summed E-state index contributed by atoms with van der Waals surface area (Å²) in [5, 5.41) is 8.74. The average molecular weight is 277 g/mol. The molecule has 0 fully saturated rings. The number of phenols is 1. The van der Waals surface area contributed by atoms with E-state index in [0.717, 1.165) is 12.4 Å². The van der Waals surface area contributed by atoms with E-state index in [1.54, 1.807) is 12.1 Å². The highest BCUT2D eigenvalue weighted by Crippen LogP contribution is 2.07. The van der Waals surface area contributed by atoms with E-state index in [4.69, 9.17) is 5.11 Å². The molecule has 20 heavy (non-hydrogen) atoms. The lowest BCUT2D eigenvalue weighted by Gasteiger charge is -1.95. The molecule has 0 saturated carbocycles. The van der Waals surface area contributed by atoms with Gasteiger partial charge in [-0.1, -0.05) is 6.07 Å². The summed E-state index contributed by atoms with van der Waals surface area (Å²) in [6, 6.07) is 10.0. The van der Waals surface area contributed by atoms with Crippen LogP contribution in [0, 0.1) is 5.95 Å². The zero-order valence-electron chi connectivity index (χ0n) is 10.6. The van der Waals surface area contributed by atoms with Gasteiger partial charge < -0.3 is 9.84 Å². The Morgan fingerprint density at radius 1 is 1.25 bits per heavy atom. The smallest absolute Gasteiger partial charge is 0.356 e. The van der Waals surface area contributed by atoms with Crippen molar-refractivity contribution in [1.82, 2.24) is 4.98 Å². The minimum Gasteiger partial charge on any atom is -0.508 e. The van der Waals surface area contributed by atoms with Gasteiger partial charge in [0, 0.05) is 5.56 Å². The molecule has 0 saturated heterocycles. The largest absolute Gasteiger partial charge is 0.508 e. The van der Waals surface area contributed by atoms with Crippen LogP contribution >= 0.6 is 0 Å². The van der Waals surface area contributed by atoms with Crippen LogP contribution in [0.4, 0.5) is 4.39 Å². The predicted octanol–water partition coefficient (Wildman–Crippen LogP) is 2.21. The fraction of sp³-hybridized carbons (Fsp3) is 0.0714. The lowest BCUT2D eigenvalue weighted by Crippen LogP contribution is -2.04. The first-order valence-electron chi connectivity index (χ1n) is 5.52. The zero-order valence-corrected chi connectivity index (χ0v) is 10.6. The maximum Gasteiger partial charge on any atom is 0.356 e. The van der Waals surface area contributed by atoms with Crippen molar-refractivity contribution in [1.29, 1.82) is 0 Å². The quantitative estimate of drug-likeness (QED) is 0.517. The first-order chi connectivity index (χ1) is 9.56. The molecule has 1 aromatic heterocycles. The van der Waals surface area contributed by atoms with Gasteiger partial charge in [0.15, 0.2) is 5.69 Å². The van der Waals surface area contributed by atoms with Gasteiger partial charge >= 0.3 is 5.97 Å². The molecule has 0 aliphatic carbocycles. The van der Waals surface area contributed by atoms with Gasteiger partial charge in [0.2, 0.25) is 5.95 Å². The second-order valence-electron chi connectivity index (χ2n) is 3.55. The first-order valence-corrected chi connectivity index (χ1v) is 5.52. The Labute approximate surface area is 114 Å². The van der Waals surface area contributed by atoms with Crippen LogP contribution in [0.25, 0.3) is 0 Å². The van der Waals surface area contributed by atoms with Crippen LogP contribution in [0.5, 0.6) is 5.75 Å². The Kier molecular flexibility index (Phi) is 5.83. The number of ether oxygens (including phenoxy) is 1. The van der Waals surface area contributed by atoms with Crippen molar-refractivity contribution in [3.8, 4) is 5.75 Å². The van der Waals surface area contributed by atoms with Crippen molar-refractivity contribution in [3.05, 3.63) is 59.7 Å². The number of phenolic OH excluding ortho intramolecular Hbond substituents is 1. The summed E-state index contributed by atoms with van der Waals surface area (Å²) in [6.07, 6.45) is 0.736. The van der Waals surface area contributed by atoms with Gasteiger partial charge in [-0.15, -0.1) is 0 Å². The molecule has 0 spiro atoms. The standard InChI is InChI=1S/C7H6FNO2.C7H6O2/c1-11-7(10)5-3-2-4-6(8)9-5;8-5-6-1-3-7(9)4-2-6/h2-4H,1H3;1-5,9H. The van der Waals surface area contributed by atoms with Crippen LogP contribution in [0.3, 0.4) is 0 Å². The van der Waals surface area contributed by atoms with Crippen LogP contribution in [-0.4, -0.2) is 29.5 Å². The molecule has 5 nitrogen and oxygen atoms in total. The van der Waals surface area contributed by atoms with Crippen molar-refractivity contribution >= 4 is 12.3 Å². The lowest BCUT2D eigenvalue weighted by molar-refractivity contribution is 0.0592. The van der Waals surface area contributed by atoms with E-state index in [9.17, 15) is 14.0 Å². The number of aromatic hydroxyl groups is 1. The Balaban J connectivity index is 0.000000204. The van der Waals surface area contributed by atoms with Gasteiger partial charge in [0.05, 0.1) is 7.11 Å². The maximum atomic E-state index is 12.3. The van der Waals surface area contributed by atoms with Crippen LogP contribution in [0.2, 0.25) is 0 Å². The third-order valence-corrected chi connectivity index (χ3v) is 2.14. The lowest BCUT2D eigenvalue weighted by atomic mass is 10.2. The summed E-state index contributed by atoms with van der Waals surface area (Å²) in [5.41, 5.74) is 0.556. The number of rotatable bonds is 2. The van der Waals surface area contributed by atoms with E-state index in [1.165, 1.54) is 31.4 Å². The molecular formula is C14H12FNO4. The number of benzene rings is 1. The van der Waals surface area contributed by atoms with Crippen LogP contribution in [0.15, 0.2) is 42.5 Å². The Hall–Kier alpha value is -2.76. The SMILES string of the molecule is COC(=O)c1cccc(F)n1.O=Cc1ccc(O)cc1. The number of carbonyl (C=O) groups excluding carboxylic acids is 2. The zero-order chi connectivity index (χ0) is 15.0. The molecule has 2 aromatic rings. The van der Waals surface area contributed by atoms with E-state index in [2.05, 4.69) is 9.72 Å². The monoisotopic (exact) mass is 277 g/mol. The Morgan fingerprint density at radius 2 is 1.90 bits per heavy atom. The molecule has 6 heteroatoms. The Morgan fingerprint density at radius 3 is 2.40 bits per heavy atom. The number of halogens is 1. The second kappa shape index (κ2) is 7.63. The number of methoxy groups -OCH3 is 1. The van der Waals surface area contributed by atoms with Gasteiger partial charge in [0.1, 0.15) is 12.0 Å². The van der Waals surface area contributed by atoms with Gasteiger partial charge in [-0.25, -0.2) is 9.78 Å². The molecule has 1 heterocycles. The molecule has 0 unspecified atom stereocenters. The van der Waals surface area contributed by atoms with E-state index >= 15 is 0 Å². The molecule has 0 aliphatic heterocycles. The van der Waals surface area contributed by atoms with Crippen molar-refractivity contribution in [2.24, 2.45) is 0 Å². The van der Waals surface area contributed by atoms with Crippen LogP contribution < -0.4 is 0 Å². The third kappa shape index (κ3) is 4.85. The van der Waals surface area contributed by atoms with Gasteiger partial charge in [-0.2, -0.15) is 4.39 Å². The van der Waals surface area contributed by atoms with E-state index in [0.29, 0.717) is 5.56 Å². The molecule has 104 valence electrons. The van der Waals surface area contributed by atoms with Crippen molar-refractivity contribution < 1.29 is 23.8 Å². The highest BCUT2D eigenvalue weighted by Gasteiger charge is 2.06. The first kappa shape index (κ1) is 15.3.